The molecule has 106 valence electrons. The Bertz CT molecular complexity index is 803. The van der Waals surface area contributed by atoms with Crippen LogP contribution in [0.25, 0.3) is 10.8 Å². The predicted molar refractivity (Wildman–Crippen MR) is 90.5 cm³/mol. The minimum absolute atomic E-state index is 0.449. The average molecular weight is 338 g/mol. The van der Waals surface area contributed by atoms with Crippen molar-refractivity contribution in [3.8, 4) is 0 Å². The molecular weight excluding hydrogens is 327 g/mol. The van der Waals surface area contributed by atoms with Gasteiger partial charge in [-0.3, -0.25) is 4.98 Å². The molecule has 3 rings (SSSR count). The number of benzene rings is 2. The fourth-order valence-electron chi connectivity index (χ4n) is 2.10. The van der Waals surface area contributed by atoms with Crippen molar-refractivity contribution >= 4 is 51.3 Å². The van der Waals surface area contributed by atoms with Crippen LogP contribution in [0.1, 0.15) is 5.56 Å². The zero-order valence-electron chi connectivity index (χ0n) is 10.9. The monoisotopic (exact) mass is 336 g/mol. The SMILES string of the molecule is Clc1cc(Cl)c(NCc2ccc3cnccc3c2)cc1Cl. The second kappa shape index (κ2) is 6.10. The number of fused-ring (bicyclic) bond motifs is 1. The van der Waals surface area contributed by atoms with Gasteiger partial charge in [0, 0.05) is 24.3 Å². The number of rotatable bonds is 3. The highest BCUT2D eigenvalue weighted by atomic mass is 35.5. The average Bonchev–Trinajstić information content (AvgIpc) is 2.49. The lowest BCUT2D eigenvalue weighted by Crippen LogP contribution is -2.00. The standard InChI is InChI=1S/C16H11Cl3N2/c17-13-6-15(19)16(7-14(13)18)21-8-10-1-2-12-9-20-4-3-11(12)5-10/h1-7,9,21H,8H2. The van der Waals surface area contributed by atoms with Crippen molar-refractivity contribution in [2.75, 3.05) is 5.32 Å². The van der Waals surface area contributed by atoms with E-state index in [-0.39, 0.29) is 0 Å². The minimum Gasteiger partial charge on any atom is -0.380 e. The summed E-state index contributed by atoms with van der Waals surface area (Å²) in [6.45, 7) is 0.649. The largest absolute Gasteiger partial charge is 0.380 e. The van der Waals surface area contributed by atoms with Gasteiger partial charge in [0.1, 0.15) is 0 Å². The van der Waals surface area contributed by atoms with E-state index in [4.69, 9.17) is 34.8 Å². The van der Waals surface area contributed by atoms with E-state index >= 15 is 0 Å². The lowest BCUT2D eigenvalue weighted by molar-refractivity contribution is 1.15. The third-order valence-electron chi connectivity index (χ3n) is 3.20. The summed E-state index contributed by atoms with van der Waals surface area (Å²) in [5.74, 6) is 0. The highest BCUT2D eigenvalue weighted by molar-refractivity contribution is 6.44. The maximum absolute atomic E-state index is 6.15. The van der Waals surface area contributed by atoms with Gasteiger partial charge in [-0.25, -0.2) is 0 Å². The molecule has 1 N–H and O–H groups in total. The van der Waals surface area contributed by atoms with Gasteiger partial charge in [0.2, 0.25) is 0 Å². The molecule has 2 aromatic carbocycles. The molecule has 0 bridgehead atoms. The molecule has 0 saturated carbocycles. The van der Waals surface area contributed by atoms with E-state index in [9.17, 15) is 0 Å². The summed E-state index contributed by atoms with van der Waals surface area (Å²) in [6.07, 6.45) is 3.64. The summed E-state index contributed by atoms with van der Waals surface area (Å²) in [5, 5.41) is 7.03. The van der Waals surface area contributed by atoms with Crippen LogP contribution in [0.4, 0.5) is 5.69 Å². The quantitative estimate of drug-likeness (QED) is 0.610. The molecule has 5 heteroatoms. The Balaban J connectivity index is 1.81. The Kier molecular flexibility index (Phi) is 4.20. The Morgan fingerprint density at radius 2 is 1.67 bits per heavy atom. The third-order valence-corrected chi connectivity index (χ3v) is 4.23. The van der Waals surface area contributed by atoms with Gasteiger partial charge in [-0.2, -0.15) is 0 Å². The summed E-state index contributed by atoms with van der Waals surface area (Å²) in [7, 11) is 0. The molecule has 0 unspecified atom stereocenters. The van der Waals surface area contributed by atoms with E-state index in [1.54, 1.807) is 18.3 Å². The van der Waals surface area contributed by atoms with Gasteiger partial charge in [-0.15, -0.1) is 0 Å². The first-order chi connectivity index (χ1) is 10.1. The number of anilines is 1. The predicted octanol–water partition coefficient (Wildman–Crippen LogP) is 5.81. The second-order valence-electron chi connectivity index (χ2n) is 4.66. The van der Waals surface area contributed by atoms with Gasteiger partial charge in [0.05, 0.1) is 20.8 Å². The van der Waals surface area contributed by atoms with Crippen molar-refractivity contribution < 1.29 is 0 Å². The van der Waals surface area contributed by atoms with Gasteiger partial charge >= 0.3 is 0 Å². The first-order valence-electron chi connectivity index (χ1n) is 6.34. The number of hydrogen-bond acceptors (Lipinski definition) is 2. The van der Waals surface area contributed by atoms with Crippen LogP contribution in [0.15, 0.2) is 48.8 Å². The summed E-state index contributed by atoms with van der Waals surface area (Å²) < 4.78 is 0. The molecule has 0 aliphatic carbocycles. The highest BCUT2D eigenvalue weighted by Crippen LogP contribution is 2.32. The summed E-state index contributed by atoms with van der Waals surface area (Å²) in [4.78, 5) is 4.11. The van der Waals surface area contributed by atoms with Crippen molar-refractivity contribution in [1.29, 1.82) is 0 Å². The zero-order chi connectivity index (χ0) is 14.8. The maximum Gasteiger partial charge on any atom is 0.0653 e. The summed E-state index contributed by atoms with van der Waals surface area (Å²) in [5.41, 5.74) is 1.91. The molecule has 0 aliphatic heterocycles. The van der Waals surface area contributed by atoms with E-state index in [2.05, 4.69) is 28.5 Å². The number of nitrogens with zero attached hydrogens (tertiary/aromatic N) is 1. The summed E-state index contributed by atoms with van der Waals surface area (Å²) >= 11 is 18.1. The van der Waals surface area contributed by atoms with E-state index in [1.807, 2.05) is 12.3 Å². The van der Waals surface area contributed by atoms with Gasteiger partial charge in [-0.1, -0.05) is 46.9 Å². The number of nitrogens with one attached hydrogen (secondary N) is 1. The van der Waals surface area contributed by atoms with Crippen LogP contribution in [0.2, 0.25) is 15.1 Å². The normalized spacial score (nSPS) is 10.8. The number of pyridine rings is 1. The fourth-order valence-corrected chi connectivity index (χ4v) is 2.71. The molecule has 0 radical (unpaired) electrons. The minimum atomic E-state index is 0.449. The van der Waals surface area contributed by atoms with Gasteiger partial charge in [-0.05, 0) is 35.2 Å². The second-order valence-corrected chi connectivity index (χ2v) is 5.88. The van der Waals surface area contributed by atoms with Crippen molar-refractivity contribution in [3.63, 3.8) is 0 Å². The molecule has 0 fully saturated rings. The van der Waals surface area contributed by atoms with Crippen molar-refractivity contribution in [1.82, 2.24) is 4.98 Å². The van der Waals surface area contributed by atoms with Gasteiger partial charge < -0.3 is 5.32 Å². The summed E-state index contributed by atoms with van der Waals surface area (Å²) in [6, 6.07) is 11.6. The van der Waals surface area contributed by atoms with Crippen molar-refractivity contribution in [2.45, 2.75) is 6.54 Å². The Hall–Kier alpha value is -1.48. The van der Waals surface area contributed by atoms with E-state index in [0.717, 1.165) is 22.0 Å². The van der Waals surface area contributed by atoms with Crippen LogP contribution in [0, 0.1) is 0 Å². The third kappa shape index (κ3) is 3.24. The number of aromatic nitrogens is 1. The van der Waals surface area contributed by atoms with E-state index < -0.39 is 0 Å². The Morgan fingerprint density at radius 1 is 0.857 bits per heavy atom. The van der Waals surface area contributed by atoms with Crippen molar-refractivity contribution in [3.05, 3.63) is 69.4 Å². The Morgan fingerprint density at radius 3 is 2.52 bits per heavy atom. The molecule has 0 aliphatic rings. The molecule has 21 heavy (non-hydrogen) atoms. The molecule has 1 heterocycles. The molecule has 0 amide bonds. The first-order valence-corrected chi connectivity index (χ1v) is 7.48. The molecular formula is C16H11Cl3N2. The van der Waals surface area contributed by atoms with Crippen LogP contribution < -0.4 is 5.32 Å². The van der Waals surface area contributed by atoms with Crippen molar-refractivity contribution in [2.24, 2.45) is 0 Å². The van der Waals surface area contributed by atoms with E-state index in [0.29, 0.717) is 21.6 Å². The Labute approximate surface area is 137 Å². The van der Waals surface area contributed by atoms with Crippen LogP contribution in [0.3, 0.4) is 0 Å². The topological polar surface area (TPSA) is 24.9 Å². The number of halogens is 3. The first kappa shape index (κ1) is 14.5. The molecule has 3 aromatic rings. The molecule has 0 atom stereocenters. The molecule has 2 nitrogen and oxygen atoms in total. The maximum atomic E-state index is 6.15. The smallest absolute Gasteiger partial charge is 0.0653 e. The molecule has 1 aromatic heterocycles. The lowest BCUT2D eigenvalue weighted by atomic mass is 10.1. The van der Waals surface area contributed by atoms with E-state index in [1.165, 1.54) is 0 Å². The lowest BCUT2D eigenvalue weighted by Gasteiger charge is -2.10. The van der Waals surface area contributed by atoms with Gasteiger partial charge in [0.15, 0.2) is 0 Å². The number of hydrogen-bond donors (Lipinski definition) is 1. The molecule has 0 saturated heterocycles. The van der Waals surface area contributed by atoms with Crippen LogP contribution >= 0.6 is 34.8 Å². The van der Waals surface area contributed by atoms with Gasteiger partial charge in [0.25, 0.3) is 0 Å². The van der Waals surface area contributed by atoms with Crippen LogP contribution in [0.5, 0.6) is 0 Å². The highest BCUT2D eigenvalue weighted by Gasteiger charge is 2.06. The molecule has 0 spiro atoms. The van der Waals surface area contributed by atoms with Crippen LogP contribution in [-0.2, 0) is 6.54 Å². The zero-order valence-corrected chi connectivity index (χ0v) is 13.2. The van der Waals surface area contributed by atoms with Crippen LogP contribution in [-0.4, -0.2) is 4.98 Å². The fraction of sp³-hybridized carbons (Fsp3) is 0.0625.